The Kier molecular flexibility index (Phi) is 2.17. The summed E-state index contributed by atoms with van der Waals surface area (Å²) < 4.78 is 0. The van der Waals surface area contributed by atoms with Crippen LogP contribution in [0.5, 0.6) is 0 Å². The second-order valence-corrected chi connectivity index (χ2v) is 2.94. The van der Waals surface area contributed by atoms with Crippen molar-refractivity contribution in [2.75, 3.05) is 0 Å². The summed E-state index contributed by atoms with van der Waals surface area (Å²) in [6.45, 7) is 1.74. The molecule has 2 N–H and O–H groups in total. The summed E-state index contributed by atoms with van der Waals surface area (Å²) in [6.07, 6.45) is 1.00. The van der Waals surface area contributed by atoms with Crippen LogP contribution in [-0.2, 0) is 9.59 Å². The predicted octanol–water partition coefficient (Wildman–Crippen LogP) is 0.882. The summed E-state index contributed by atoms with van der Waals surface area (Å²) in [6, 6.07) is 0. The van der Waals surface area contributed by atoms with Crippen molar-refractivity contribution in [1.29, 1.82) is 0 Å². The molecule has 1 aliphatic rings. The molecule has 66 valence electrons. The van der Waals surface area contributed by atoms with E-state index in [1.807, 2.05) is 0 Å². The minimum absolute atomic E-state index is 0.0648. The van der Waals surface area contributed by atoms with Gasteiger partial charge >= 0.3 is 11.9 Å². The van der Waals surface area contributed by atoms with Gasteiger partial charge in [-0.2, -0.15) is 0 Å². The molecule has 1 atom stereocenters. The van der Waals surface area contributed by atoms with Crippen LogP contribution in [0.3, 0.4) is 0 Å². The molecular weight excluding hydrogens is 160 g/mol. The topological polar surface area (TPSA) is 74.6 Å². The van der Waals surface area contributed by atoms with Crippen LogP contribution in [-0.4, -0.2) is 22.2 Å². The molecule has 0 heterocycles. The Bertz CT molecular complexity index is 264. The van der Waals surface area contributed by atoms with Crippen LogP contribution >= 0.6 is 0 Å². The second-order valence-electron chi connectivity index (χ2n) is 2.94. The fourth-order valence-corrected chi connectivity index (χ4v) is 1.50. The van der Waals surface area contributed by atoms with Crippen molar-refractivity contribution in [2.24, 2.45) is 5.92 Å². The molecule has 1 unspecified atom stereocenters. The molecule has 0 bridgehead atoms. The van der Waals surface area contributed by atoms with Gasteiger partial charge in [-0.25, -0.2) is 9.59 Å². The Morgan fingerprint density at radius 3 is 2.25 bits per heavy atom. The van der Waals surface area contributed by atoms with E-state index in [9.17, 15) is 9.59 Å². The average molecular weight is 170 g/mol. The maximum absolute atomic E-state index is 10.6. The predicted molar refractivity (Wildman–Crippen MR) is 40.7 cm³/mol. The lowest BCUT2D eigenvalue weighted by molar-refractivity contribution is -0.136. The van der Waals surface area contributed by atoms with E-state index in [0.717, 1.165) is 0 Å². The lowest BCUT2D eigenvalue weighted by Gasteiger charge is -2.02. The molecule has 0 aromatic heterocycles. The van der Waals surface area contributed by atoms with Crippen molar-refractivity contribution in [3.8, 4) is 0 Å². The van der Waals surface area contributed by atoms with Gasteiger partial charge in [0.2, 0.25) is 0 Å². The van der Waals surface area contributed by atoms with Gasteiger partial charge in [0.25, 0.3) is 0 Å². The molecule has 0 saturated heterocycles. The first-order valence-corrected chi connectivity index (χ1v) is 3.73. The van der Waals surface area contributed by atoms with Crippen LogP contribution in [0, 0.1) is 5.92 Å². The first-order chi connectivity index (χ1) is 5.54. The Hall–Kier alpha value is -1.32. The number of carboxylic acid groups (broad SMARTS) is 2. The number of rotatable bonds is 2. The summed E-state index contributed by atoms with van der Waals surface area (Å²) in [5.41, 5.74) is 0.137. The maximum Gasteiger partial charge on any atom is 0.332 e. The van der Waals surface area contributed by atoms with Crippen molar-refractivity contribution >= 4 is 11.9 Å². The molecule has 12 heavy (non-hydrogen) atoms. The summed E-state index contributed by atoms with van der Waals surface area (Å²) in [5.74, 6) is -2.33. The van der Waals surface area contributed by atoms with Crippen molar-refractivity contribution in [2.45, 2.75) is 19.8 Å². The van der Waals surface area contributed by atoms with Gasteiger partial charge in [0.1, 0.15) is 0 Å². The molecule has 0 aromatic carbocycles. The summed E-state index contributed by atoms with van der Waals surface area (Å²) in [4.78, 5) is 21.1. The third-order valence-electron chi connectivity index (χ3n) is 2.13. The monoisotopic (exact) mass is 170 g/mol. The molecule has 4 nitrogen and oxygen atoms in total. The average Bonchev–Trinajstić information content (AvgIpc) is 2.30. The minimum Gasteiger partial charge on any atom is -0.478 e. The van der Waals surface area contributed by atoms with Gasteiger partial charge in [0, 0.05) is 5.57 Å². The number of carboxylic acids is 2. The molecule has 4 heteroatoms. The van der Waals surface area contributed by atoms with Crippen molar-refractivity contribution < 1.29 is 19.8 Å². The van der Waals surface area contributed by atoms with Gasteiger partial charge in [-0.3, -0.25) is 0 Å². The zero-order valence-electron chi connectivity index (χ0n) is 6.70. The Morgan fingerprint density at radius 1 is 1.33 bits per heavy atom. The van der Waals surface area contributed by atoms with Crippen molar-refractivity contribution in [3.63, 3.8) is 0 Å². The van der Waals surface area contributed by atoms with E-state index in [2.05, 4.69) is 0 Å². The van der Waals surface area contributed by atoms with Crippen molar-refractivity contribution in [1.82, 2.24) is 0 Å². The largest absolute Gasteiger partial charge is 0.478 e. The molecule has 1 rings (SSSR count). The van der Waals surface area contributed by atoms with Crippen LogP contribution in [0.15, 0.2) is 11.1 Å². The van der Waals surface area contributed by atoms with Crippen LogP contribution in [0.25, 0.3) is 0 Å². The van der Waals surface area contributed by atoms with E-state index in [-0.39, 0.29) is 17.1 Å². The van der Waals surface area contributed by atoms with Gasteiger partial charge in [0.15, 0.2) is 0 Å². The quantitative estimate of drug-likeness (QED) is 0.645. The van der Waals surface area contributed by atoms with Crippen molar-refractivity contribution in [3.05, 3.63) is 11.1 Å². The highest BCUT2D eigenvalue weighted by Gasteiger charge is 2.30. The standard InChI is InChI=1S/C8H10O4/c1-4-2-3-5(7(9)10)6(4)8(11)12/h4H,2-3H2,1H3,(H,9,10)(H,11,12). The first kappa shape index (κ1) is 8.77. The van der Waals surface area contributed by atoms with Crippen LogP contribution < -0.4 is 0 Å². The smallest absolute Gasteiger partial charge is 0.332 e. The Balaban J connectivity index is 3.06. The van der Waals surface area contributed by atoms with E-state index >= 15 is 0 Å². The minimum atomic E-state index is -1.10. The van der Waals surface area contributed by atoms with E-state index in [1.54, 1.807) is 6.92 Å². The van der Waals surface area contributed by atoms with Gasteiger partial charge in [-0.15, -0.1) is 0 Å². The van der Waals surface area contributed by atoms with E-state index in [1.165, 1.54) is 0 Å². The number of carbonyl (C=O) groups is 2. The number of aliphatic carboxylic acids is 2. The fourth-order valence-electron chi connectivity index (χ4n) is 1.50. The summed E-state index contributed by atoms with van der Waals surface area (Å²) in [5, 5.41) is 17.3. The highest BCUT2D eigenvalue weighted by Crippen LogP contribution is 2.31. The Morgan fingerprint density at radius 2 is 1.92 bits per heavy atom. The molecule has 0 fully saturated rings. The molecule has 0 aromatic rings. The molecular formula is C8H10O4. The van der Waals surface area contributed by atoms with E-state index in [0.29, 0.717) is 12.8 Å². The molecule has 1 aliphatic carbocycles. The van der Waals surface area contributed by atoms with Crippen LogP contribution in [0.4, 0.5) is 0 Å². The lowest BCUT2D eigenvalue weighted by Crippen LogP contribution is -2.10. The highest BCUT2D eigenvalue weighted by atomic mass is 16.4. The number of hydrogen-bond acceptors (Lipinski definition) is 2. The zero-order chi connectivity index (χ0) is 9.30. The van der Waals surface area contributed by atoms with Crippen LogP contribution in [0.1, 0.15) is 19.8 Å². The summed E-state index contributed by atoms with van der Waals surface area (Å²) >= 11 is 0. The van der Waals surface area contributed by atoms with Gasteiger partial charge in [-0.05, 0) is 18.8 Å². The van der Waals surface area contributed by atoms with E-state index in [4.69, 9.17) is 10.2 Å². The molecule has 0 radical (unpaired) electrons. The summed E-state index contributed by atoms with van der Waals surface area (Å²) in [7, 11) is 0. The maximum atomic E-state index is 10.6. The fraction of sp³-hybridized carbons (Fsp3) is 0.500. The van der Waals surface area contributed by atoms with Gasteiger partial charge < -0.3 is 10.2 Å². The third kappa shape index (κ3) is 1.32. The Labute approximate surface area is 69.5 Å². The normalized spacial score (nSPS) is 22.9. The zero-order valence-corrected chi connectivity index (χ0v) is 6.70. The first-order valence-electron chi connectivity index (χ1n) is 3.73. The third-order valence-corrected chi connectivity index (χ3v) is 2.13. The molecule has 0 spiro atoms. The van der Waals surface area contributed by atoms with E-state index < -0.39 is 11.9 Å². The highest BCUT2D eigenvalue weighted by molar-refractivity contribution is 6.00. The number of hydrogen-bond donors (Lipinski definition) is 2. The second kappa shape index (κ2) is 2.97. The lowest BCUT2D eigenvalue weighted by atomic mass is 10.0. The SMILES string of the molecule is CC1CCC(C(=O)O)=C1C(=O)O. The van der Waals surface area contributed by atoms with Gasteiger partial charge in [-0.1, -0.05) is 6.92 Å². The van der Waals surface area contributed by atoms with Crippen LogP contribution in [0.2, 0.25) is 0 Å². The molecule has 0 saturated carbocycles. The molecule has 0 aliphatic heterocycles. The van der Waals surface area contributed by atoms with Gasteiger partial charge in [0.05, 0.1) is 5.57 Å². The molecule has 0 amide bonds.